The molecule has 1 heterocycles. The molecule has 5 nitrogen and oxygen atoms in total. The third-order valence-corrected chi connectivity index (χ3v) is 4.79. The van der Waals surface area contributed by atoms with Crippen LogP contribution in [0, 0.1) is 0 Å². The molecular formula is C10H19NO4S. The summed E-state index contributed by atoms with van der Waals surface area (Å²) in [6.45, 7) is 3.77. The SMILES string of the molecule is CC(CCC(=O)O)NC1(C)CCS(=O)(=O)C1. The molecule has 1 rings (SSSR count). The highest BCUT2D eigenvalue weighted by Crippen LogP contribution is 2.23. The van der Waals surface area contributed by atoms with Gasteiger partial charge in [-0.05, 0) is 26.7 Å². The van der Waals surface area contributed by atoms with Gasteiger partial charge in [0.1, 0.15) is 0 Å². The van der Waals surface area contributed by atoms with Crippen molar-refractivity contribution in [1.82, 2.24) is 5.32 Å². The number of rotatable bonds is 5. The van der Waals surface area contributed by atoms with Gasteiger partial charge in [0.15, 0.2) is 9.84 Å². The maximum absolute atomic E-state index is 11.4. The van der Waals surface area contributed by atoms with Crippen LogP contribution in [0.1, 0.15) is 33.1 Å². The molecule has 0 aromatic carbocycles. The van der Waals surface area contributed by atoms with Crippen molar-refractivity contribution < 1.29 is 18.3 Å². The smallest absolute Gasteiger partial charge is 0.303 e. The number of carboxylic acids is 1. The van der Waals surface area contributed by atoms with E-state index in [0.29, 0.717) is 12.8 Å². The van der Waals surface area contributed by atoms with Gasteiger partial charge in [0.25, 0.3) is 0 Å². The Balaban J connectivity index is 2.45. The molecule has 1 saturated heterocycles. The number of hydrogen-bond donors (Lipinski definition) is 2. The summed E-state index contributed by atoms with van der Waals surface area (Å²) in [5.74, 6) is -0.447. The van der Waals surface area contributed by atoms with Gasteiger partial charge < -0.3 is 10.4 Å². The average Bonchev–Trinajstić information content (AvgIpc) is 2.37. The van der Waals surface area contributed by atoms with Crippen LogP contribution in [0.5, 0.6) is 0 Å². The van der Waals surface area contributed by atoms with Crippen LogP contribution in [0.3, 0.4) is 0 Å². The van der Waals surface area contributed by atoms with E-state index in [1.807, 2.05) is 13.8 Å². The Morgan fingerprint density at radius 1 is 1.56 bits per heavy atom. The van der Waals surface area contributed by atoms with E-state index in [2.05, 4.69) is 5.32 Å². The highest BCUT2D eigenvalue weighted by atomic mass is 32.2. The largest absolute Gasteiger partial charge is 0.481 e. The monoisotopic (exact) mass is 249 g/mol. The Labute approximate surface area is 96.1 Å². The van der Waals surface area contributed by atoms with E-state index in [1.54, 1.807) is 0 Å². The molecule has 2 unspecified atom stereocenters. The first-order valence-corrected chi connectivity index (χ1v) is 7.24. The van der Waals surface area contributed by atoms with Crippen molar-refractivity contribution in [3.05, 3.63) is 0 Å². The topological polar surface area (TPSA) is 83.5 Å². The molecule has 16 heavy (non-hydrogen) atoms. The number of carboxylic acid groups (broad SMARTS) is 1. The Bertz CT molecular complexity index is 365. The molecule has 0 radical (unpaired) electrons. The second kappa shape index (κ2) is 4.71. The maximum Gasteiger partial charge on any atom is 0.303 e. The summed E-state index contributed by atoms with van der Waals surface area (Å²) in [6, 6.07) is 0.0226. The molecule has 0 spiro atoms. The molecular weight excluding hydrogens is 230 g/mol. The molecule has 0 bridgehead atoms. The van der Waals surface area contributed by atoms with Crippen LogP contribution < -0.4 is 5.32 Å². The third kappa shape index (κ3) is 4.09. The van der Waals surface area contributed by atoms with Gasteiger partial charge in [-0.2, -0.15) is 0 Å². The van der Waals surface area contributed by atoms with Crippen LogP contribution in [-0.4, -0.2) is 42.6 Å². The van der Waals surface area contributed by atoms with E-state index in [9.17, 15) is 13.2 Å². The first kappa shape index (κ1) is 13.4. The van der Waals surface area contributed by atoms with Gasteiger partial charge in [0.05, 0.1) is 11.5 Å². The zero-order valence-electron chi connectivity index (χ0n) is 9.69. The standard InChI is InChI=1S/C10H19NO4S/c1-8(3-4-9(12)13)11-10(2)5-6-16(14,15)7-10/h8,11H,3-7H2,1-2H3,(H,12,13). The minimum absolute atomic E-state index is 0.0226. The van der Waals surface area contributed by atoms with Gasteiger partial charge >= 0.3 is 5.97 Å². The summed E-state index contributed by atoms with van der Waals surface area (Å²) >= 11 is 0. The molecule has 2 N–H and O–H groups in total. The first-order chi connectivity index (χ1) is 7.22. The Morgan fingerprint density at radius 2 is 2.19 bits per heavy atom. The fourth-order valence-corrected chi connectivity index (χ4v) is 4.24. The van der Waals surface area contributed by atoms with Crippen molar-refractivity contribution in [1.29, 1.82) is 0 Å². The molecule has 6 heteroatoms. The fourth-order valence-electron chi connectivity index (χ4n) is 2.13. The third-order valence-electron chi connectivity index (χ3n) is 2.89. The quantitative estimate of drug-likeness (QED) is 0.737. The van der Waals surface area contributed by atoms with Gasteiger partial charge in [-0.1, -0.05) is 0 Å². The minimum Gasteiger partial charge on any atom is -0.481 e. The minimum atomic E-state index is -2.91. The zero-order chi connectivity index (χ0) is 12.4. The molecule has 0 saturated carbocycles. The average molecular weight is 249 g/mol. The van der Waals surface area contributed by atoms with Crippen molar-refractivity contribution >= 4 is 15.8 Å². The molecule has 0 aromatic rings. The number of sulfone groups is 1. The Kier molecular flexibility index (Phi) is 3.96. The van der Waals surface area contributed by atoms with E-state index in [1.165, 1.54) is 0 Å². The van der Waals surface area contributed by atoms with Gasteiger partial charge in [-0.15, -0.1) is 0 Å². The zero-order valence-corrected chi connectivity index (χ0v) is 10.5. The number of carbonyl (C=O) groups is 1. The van der Waals surface area contributed by atoms with Crippen molar-refractivity contribution in [2.45, 2.75) is 44.7 Å². The van der Waals surface area contributed by atoms with Crippen LogP contribution in [0.15, 0.2) is 0 Å². The molecule has 1 aliphatic heterocycles. The van der Waals surface area contributed by atoms with Crippen LogP contribution in [0.2, 0.25) is 0 Å². The molecule has 1 aliphatic rings. The van der Waals surface area contributed by atoms with E-state index in [4.69, 9.17) is 5.11 Å². The van der Waals surface area contributed by atoms with Crippen molar-refractivity contribution in [2.24, 2.45) is 0 Å². The second-order valence-electron chi connectivity index (χ2n) is 4.88. The van der Waals surface area contributed by atoms with Gasteiger partial charge in [-0.25, -0.2) is 8.42 Å². The summed E-state index contributed by atoms with van der Waals surface area (Å²) in [7, 11) is -2.91. The highest BCUT2D eigenvalue weighted by molar-refractivity contribution is 7.91. The summed E-state index contributed by atoms with van der Waals surface area (Å²) in [6.07, 6.45) is 1.23. The van der Waals surface area contributed by atoms with Crippen molar-refractivity contribution in [3.63, 3.8) is 0 Å². The second-order valence-corrected chi connectivity index (χ2v) is 7.06. The number of hydrogen-bond acceptors (Lipinski definition) is 4. The summed E-state index contributed by atoms with van der Waals surface area (Å²) in [4.78, 5) is 10.4. The van der Waals surface area contributed by atoms with E-state index < -0.39 is 21.3 Å². The summed E-state index contributed by atoms with van der Waals surface area (Å²) in [5.41, 5.74) is -0.392. The van der Waals surface area contributed by atoms with Crippen LogP contribution >= 0.6 is 0 Å². The normalized spacial score (nSPS) is 30.1. The number of aliphatic carboxylic acids is 1. The maximum atomic E-state index is 11.4. The van der Waals surface area contributed by atoms with Crippen LogP contribution in [0.25, 0.3) is 0 Å². The van der Waals surface area contributed by atoms with Crippen molar-refractivity contribution in [3.8, 4) is 0 Å². The lowest BCUT2D eigenvalue weighted by Crippen LogP contribution is -2.48. The van der Waals surface area contributed by atoms with Gasteiger partial charge in [0, 0.05) is 18.0 Å². The number of nitrogens with one attached hydrogen (secondary N) is 1. The summed E-state index contributed by atoms with van der Waals surface area (Å²) < 4.78 is 22.7. The highest BCUT2D eigenvalue weighted by Gasteiger charge is 2.38. The van der Waals surface area contributed by atoms with E-state index in [-0.39, 0.29) is 24.0 Å². The molecule has 0 aliphatic carbocycles. The molecule has 0 amide bonds. The first-order valence-electron chi connectivity index (χ1n) is 5.42. The van der Waals surface area contributed by atoms with Crippen LogP contribution in [-0.2, 0) is 14.6 Å². The molecule has 2 atom stereocenters. The lowest BCUT2D eigenvalue weighted by molar-refractivity contribution is -0.137. The fraction of sp³-hybridized carbons (Fsp3) is 0.900. The predicted molar refractivity (Wildman–Crippen MR) is 61.1 cm³/mol. The van der Waals surface area contributed by atoms with E-state index in [0.717, 1.165) is 0 Å². The van der Waals surface area contributed by atoms with E-state index >= 15 is 0 Å². The van der Waals surface area contributed by atoms with Crippen LogP contribution in [0.4, 0.5) is 0 Å². The molecule has 94 valence electrons. The predicted octanol–water partition coefficient (Wildman–Crippen LogP) is 0.407. The van der Waals surface area contributed by atoms with Crippen molar-refractivity contribution in [2.75, 3.05) is 11.5 Å². The lowest BCUT2D eigenvalue weighted by Gasteiger charge is -2.28. The molecule has 0 aromatic heterocycles. The Morgan fingerprint density at radius 3 is 2.62 bits per heavy atom. The Hall–Kier alpha value is -0.620. The van der Waals surface area contributed by atoms with Gasteiger partial charge in [0.2, 0.25) is 0 Å². The molecule has 1 fully saturated rings. The lowest BCUT2D eigenvalue weighted by atomic mass is 9.99. The van der Waals surface area contributed by atoms with Gasteiger partial charge in [-0.3, -0.25) is 4.79 Å². The summed E-state index contributed by atoms with van der Waals surface area (Å²) in [5, 5.41) is 11.8.